The third-order valence-electron chi connectivity index (χ3n) is 5.09. The lowest BCUT2D eigenvalue weighted by Crippen LogP contribution is -2.44. The van der Waals surface area contributed by atoms with Crippen molar-refractivity contribution >= 4 is 46.0 Å². The van der Waals surface area contributed by atoms with Crippen molar-refractivity contribution in [2.24, 2.45) is 20.8 Å². The smallest absolute Gasteiger partial charge is 0.124 e. The van der Waals surface area contributed by atoms with E-state index in [1.165, 1.54) is 0 Å². The first-order chi connectivity index (χ1) is 13.1. The molecule has 6 heteroatoms. The van der Waals surface area contributed by atoms with Gasteiger partial charge in [0, 0.05) is 20.9 Å². The lowest BCUT2D eigenvalue weighted by atomic mass is 9.63. The van der Waals surface area contributed by atoms with E-state index >= 15 is 0 Å². The van der Waals surface area contributed by atoms with Crippen LogP contribution in [0.3, 0.4) is 0 Å². The highest BCUT2D eigenvalue weighted by molar-refractivity contribution is 6.31. The molecule has 0 N–H and O–H groups in total. The maximum absolute atomic E-state index is 9.77. The highest BCUT2D eigenvalue weighted by atomic mass is 35.5. The van der Waals surface area contributed by atoms with Crippen molar-refractivity contribution in [3.63, 3.8) is 0 Å². The fraction of sp³-hybridized carbons (Fsp3) is 0.273. The van der Waals surface area contributed by atoms with Crippen molar-refractivity contribution in [2.75, 3.05) is 0 Å². The van der Waals surface area contributed by atoms with Gasteiger partial charge in [0.05, 0.1) is 11.4 Å². The molecule has 0 fully saturated rings. The molecule has 0 aliphatic heterocycles. The molecule has 0 saturated carbocycles. The van der Waals surface area contributed by atoms with Gasteiger partial charge in [0.15, 0.2) is 0 Å². The largest absolute Gasteiger partial charge is 0.242 e. The summed E-state index contributed by atoms with van der Waals surface area (Å²) in [6, 6.07) is 18.3. The number of nitrogens with zero attached hydrogens (tertiary/aromatic N) is 4. The third-order valence-corrected chi connectivity index (χ3v) is 5.60. The Balaban J connectivity index is 2.49. The molecule has 0 aromatic heterocycles. The summed E-state index contributed by atoms with van der Waals surface area (Å²) in [7, 11) is 0. The van der Waals surface area contributed by atoms with Crippen LogP contribution in [0.1, 0.15) is 27.7 Å². The van der Waals surface area contributed by atoms with Crippen molar-refractivity contribution in [1.82, 2.24) is 0 Å². The van der Waals surface area contributed by atoms with Gasteiger partial charge in [-0.1, -0.05) is 50.9 Å². The van der Waals surface area contributed by atoms with E-state index in [4.69, 9.17) is 23.2 Å². The Morgan fingerprint density at radius 1 is 0.679 bits per heavy atom. The summed E-state index contributed by atoms with van der Waals surface area (Å²) in [5.74, 6) is 0. The van der Waals surface area contributed by atoms with Gasteiger partial charge in [0.1, 0.15) is 23.6 Å². The first kappa shape index (κ1) is 21.6. The van der Waals surface area contributed by atoms with Crippen molar-refractivity contribution in [2.45, 2.75) is 27.7 Å². The van der Waals surface area contributed by atoms with Crippen LogP contribution in [0, 0.1) is 33.5 Å². The van der Waals surface area contributed by atoms with Gasteiger partial charge >= 0.3 is 0 Å². The monoisotopic (exact) mass is 410 g/mol. The molecule has 0 unspecified atom stereocenters. The molecule has 2 aromatic rings. The average molecular weight is 411 g/mol. The van der Waals surface area contributed by atoms with E-state index in [9.17, 15) is 10.5 Å². The Labute approximate surface area is 175 Å². The summed E-state index contributed by atoms with van der Waals surface area (Å²) in [5.41, 5.74) is 0.332. The molecule has 0 radical (unpaired) electrons. The SMILES string of the molecule is CC(C)(C(C#N)=Nc1ccc(Cl)cc1)C(C)(C)C(C#N)=Nc1ccc(Cl)cc1. The number of hydrogen-bond acceptors (Lipinski definition) is 4. The van der Waals surface area contributed by atoms with Crippen molar-refractivity contribution in [3.05, 3.63) is 58.6 Å². The topological polar surface area (TPSA) is 72.3 Å². The molecule has 0 heterocycles. The maximum Gasteiger partial charge on any atom is 0.124 e. The normalized spacial score (nSPS) is 13.0. The van der Waals surface area contributed by atoms with Gasteiger partial charge < -0.3 is 0 Å². The maximum atomic E-state index is 9.77. The molecule has 0 saturated heterocycles. The minimum atomic E-state index is -0.762. The Kier molecular flexibility index (Phi) is 6.62. The highest BCUT2D eigenvalue weighted by Gasteiger charge is 2.45. The molecule has 28 heavy (non-hydrogen) atoms. The van der Waals surface area contributed by atoms with Crippen LogP contribution in [0.5, 0.6) is 0 Å². The predicted molar refractivity (Wildman–Crippen MR) is 116 cm³/mol. The van der Waals surface area contributed by atoms with Crippen molar-refractivity contribution in [1.29, 1.82) is 10.5 Å². The molecule has 0 spiro atoms. The van der Waals surface area contributed by atoms with Gasteiger partial charge in [-0.2, -0.15) is 10.5 Å². The first-order valence-corrected chi connectivity index (χ1v) is 9.37. The second-order valence-electron chi connectivity index (χ2n) is 7.35. The second kappa shape index (κ2) is 8.57. The molecule has 142 valence electrons. The van der Waals surface area contributed by atoms with Crippen molar-refractivity contribution < 1.29 is 0 Å². The second-order valence-corrected chi connectivity index (χ2v) is 8.22. The quantitative estimate of drug-likeness (QED) is 0.500. The Hall–Kier alpha value is -2.66. The fourth-order valence-electron chi connectivity index (χ4n) is 2.49. The number of benzene rings is 2. The summed E-state index contributed by atoms with van der Waals surface area (Å²) in [4.78, 5) is 9.01. The van der Waals surface area contributed by atoms with E-state index in [1.807, 2.05) is 27.7 Å². The van der Waals surface area contributed by atoms with E-state index in [1.54, 1.807) is 48.5 Å². The molecular formula is C22H20Cl2N4. The van der Waals surface area contributed by atoms with Gasteiger partial charge in [-0.25, -0.2) is 9.98 Å². The minimum Gasteiger partial charge on any atom is -0.242 e. The van der Waals surface area contributed by atoms with E-state index in [2.05, 4.69) is 22.1 Å². The fourth-order valence-corrected chi connectivity index (χ4v) is 2.74. The van der Waals surface area contributed by atoms with Gasteiger partial charge in [0.2, 0.25) is 0 Å². The summed E-state index contributed by atoms with van der Waals surface area (Å²) in [5, 5.41) is 20.7. The van der Waals surface area contributed by atoms with Gasteiger partial charge in [-0.3, -0.25) is 0 Å². The van der Waals surface area contributed by atoms with Crippen LogP contribution in [0.2, 0.25) is 10.0 Å². The van der Waals surface area contributed by atoms with Crippen LogP contribution in [0.15, 0.2) is 58.5 Å². The van der Waals surface area contributed by atoms with Crippen LogP contribution < -0.4 is 0 Å². The zero-order valence-electron chi connectivity index (χ0n) is 16.2. The lowest BCUT2D eigenvalue weighted by molar-refractivity contribution is 0.290. The molecule has 0 atom stereocenters. The van der Waals surface area contributed by atoms with E-state index in [0.717, 1.165) is 0 Å². The van der Waals surface area contributed by atoms with E-state index in [0.29, 0.717) is 32.8 Å². The zero-order chi connectivity index (χ0) is 20.9. The first-order valence-electron chi connectivity index (χ1n) is 8.61. The zero-order valence-corrected chi connectivity index (χ0v) is 17.7. The standard InChI is InChI=1S/C22H20Cl2N4/c1-21(2,19(13-25)27-17-9-5-15(23)6-10-17)22(3,4)20(14-26)28-18-11-7-16(24)8-12-18/h5-12H,1-4H3. The van der Waals surface area contributed by atoms with E-state index < -0.39 is 10.8 Å². The highest BCUT2D eigenvalue weighted by Crippen LogP contribution is 2.42. The Morgan fingerprint density at radius 3 is 1.21 bits per heavy atom. The van der Waals surface area contributed by atoms with Crippen LogP contribution in [0.25, 0.3) is 0 Å². The predicted octanol–water partition coefficient (Wildman–Crippen LogP) is 6.94. The third kappa shape index (κ3) is 4.60. The summed E-state index contributed by atoms with van der Waals surface area (Å²) >= 11 is 11.8. The number of nitriles is 2. The molecule has 4 nitrogen and oxygen atoms in total. The molecule has 2 rings (SSSR count). The number of halogens is 2. The molecule has 0 aliphatic carbocycles. The molecule has 0 bridgehead atoms. The van der Waals surface area contributed by atoms with Crippen LogP contribution in [-0.4, -0.2) is 11.4 Å². The number of rotatable bonds is 5. The van der Waals surface area contributed by atoms with Gasteiger partial charge in [-0.05, 0) is 48.5 Å². The average Bonchev–Trinajstić information content (AvgIpc) is 2.66. The molecule has 2 aromatic carbocycles. The van der Waals surface area contributed by atoms with Crippen LogP contribution in [0.4, 0.5) is 11.4 Å². The van der Waals surface area contributed by atoms with Gasteiger partial charge in [0.25, 0.3) is 0 Å². The number of aliphatic imine (C=N–C) groups is 2. The molecule has 0 aliphatic rings. The number of hydrogen-bond donors (Lipinski definition) is 0. The van der Waals surface area contributed by atoms with Crippen LogP contribution >= 0.6 is 23.2 Å². The van der Waals surface area contributed by atoms with Gasteiger partial charge in [-0.15, -0.1) is 0 Å². The molecular weight excluding hydrogens is 391 g/mol. The molecule has 0 amide bonds. The Morgan fingerprint density at radius 2 is 0.964 bits per heavy atom. The summed E-state index contributed by atoms with van der Waals surface area (Å²) in [6.45, 7) is 7.55. The van der Waals surface area contributed by atoms with Crippen molar-refractivity contribution in [3.8, 4) is 12.1 Å². The Bertz CT molecular complexity index is 903. The lowest BCUT2D eigenvalue weighted by Gasteiger charge is -2.39. The van der Waals surface area contributed by atoms with E-state index in [-0.39, 0.29) is 0 Å². The minimum absolute atomic E-state index is 0.305. The summed E-state index contributed by atoms with van der Waals surface area (Å²) < 4.78 is 0. The van der Waals surface area contributed by atoms with Crippen LogP contribution in [-0.2, 0) is 0 Å². The summed E-state index contributed by atoms with van der Waals surface area (Å²) in [6.07, 6.45) is 0.